The second-order valence-corrected chi connectivity index (χ2v) is 6.90. The molecule has 7 heteroatoms. The van der Waals surface area contributed by atoms with Crippen LogP contribution in [0.25, 0.3) is 0 Å². The maximum Gasteiger partial charge on any atom is 0.573 e. The minimum atomic E-state index is -4.77. The molecule has 28 heavy (non-hydrogen) atoms. The number of carbonyl (C=O) groups excluding carboxylic acids is 1. The highest BCUT2D eigenvalue weighted by Gasteiger charge is 2.31. The lowest BCUT2D eigenvalue weighted by Gasteiger charge is -2.30. The summed E-state index contributed by atoms with van der Waals surface area (Å²) in [5.74, 6) is -1.25. The molecule has 0 bridgehead atoms. The van der Waals surface area contributed by atoms with Gasteiger partial charge in [0.25, 0.3) is 0 Å². The molecule has 4 nitrogen and oxygen atoms in total. The van der Waals surface area contributed by atoms with E-state index in [0.29, 0.717) is 11.3 Å². The van der Waals surface area contributed by atoms with Crippen LogP contribution in [0.2, 0.25) is 0 Å². The Bertz CT molecular complexity index is 817. The Morgan fingerprint density at radius 3 is 2.50 bits per heavy atom. The molecule has 1 aliphatic rings. The van der Waals surface area contributed by atoms with E-state index in [2.05, 4.69) is 15.0 Å². The van der Waals surface area contributed by atoms with Crippen LogP contribution >= 0.6 is 0 Å². The Kier molecular flexibility index (Phi) is 6.11. The molecule has 1 amide bonds. The topological polar surface area (TPSA) is 41.6 Å². The number of anilines is 2. The molecule has 1 atom stereocenters. The molecule has 1 saturated heterocycles. The summed E-state index contributed by atoms with van der Waals surface area (Å²) in [5.41, 5.74) is 2.13. The van der Waals surface area contributed by atoms with Gasteiger partial charge in [0, 0.05) is 13.1 Å². The zero-order chi connectivity index (χ0) is 20.1. The Hall–Kier alpha value is -2.70. The monoisotopic (exact) mass is 392 g/mol. The van der Waals surface area contributed by atoms with Gasteiger partial charge in [0.05, 0.1) is 17.3 Å². The van der Waals surface area contributed by atoms with Crippen molar-refractivity contribution in [3.63, 3.8) is 0 Å². The van der Waals surface area contributed by atoms with E-state index in [1.807, 2.05) is 24.3 Å². The quantitative estimate of drug-likeness (QED) is 0.749. The van der Waals surface area contributed by atoms with Gasteiger partial charge in [-0.1, -0.05) is 24.3 Å². The first kappa shape index (κ1) is 20.0. The fourth-order valence-electron chi connectivity index (χ4n) is 3.36. The number of piperidine rings is 1. The molecule has 2 aromatic carbocycles. The van der Waals surface area contributed by atoms with Gasteiger partial charge < -0.3 is 15.0 Å². The van der Waals surface area contributed by atoms with E-state index in [9.17, 15) is 18.0 Å². The summed E-state index contributed by atoms with van der Waals surface area (Å²) in [5, 5.41) is 2.93. The largest absolute Gasteiger partial charge is 0.573 e. The summed E-state index contributed by atoms with van der Waals surface area (Å²) in [4.78, 5) is 15.0. The lowest BCUT2D eigenvalue weighted by Crippen LogP contribution is -2.30. The van der Waals surface area contributed by atoms with Crippen LogP contribution in [-0.2, 0) is 4.79 Å². The van der Waals surface area contributed by atoms with E-state index in [0.717, 1.165) is 31.6 Å². The van der Waals surface area contributed by atoms with Crippen molar-refractivity contribution in [3.05, 3.63) is 54.1 Å². The van der Waals surface area contributed by atoms with E-state index >= 15 is 0 Å². The molecule has 1 fully saturated rings. The third-order valence-corrected chi connectivity index (χ3v) is 4.84. The third-order valence-electron chi connectivity index (χ3n) is 4.84. The van der Waals surface area contributed by atoms with E-state index in [-0.39, 0.29) is 11.7 Å². The smallest absolute Gasteiger partial charge is 0.406 e. The summed E-state index contributed by atoms with van der Waals surface area (Å²) in [7, 11) is 0. The van der Waals surface area contributed by atoms with Crippen LogP contribution in [-0.4, -0.2) is 25.4 Å². The molecular formula is C21H23F3N2O2. The van der Waals surface area contributed by atoms with E-state index < -0.39 is 12.3 Å². The maximum absolute atomic E-state index is 12.8. The molecule has 3 rings (SSSR count). The first-order valence-electron chi connectivity index (χ1n) is 9.34. The number of hydrogen-bond donors (Lipinski definition) is 1. The van der Waals surface area contributed by atoms with Gasteiger partial charge in [-0.3, -0.25) is 4.79 Å². The number of para-hydroxylation sites is 2. The van der Waals surface area contributed by atoms with Crippen molar-refractivity contribution in [1.82, 2.24) is 0 Å². The Balaban J connectivity index is 1.74. The number of hydrogen-bond acceptors (Lipinski definition) is 3. The van der Waals surface area contributed by atoms with Crippen LogP contribution in [0.5, 0.6) is 5.75 Å². The van der Waals surface area contributed by atoms with Gasteiger partial charge in [-0.25, -0.2) is 0 Å². The molecule has 0 unspecified atom stereocenters. The molecule has 0 aliphatic carbocycles. The van der Waals surface area contributed by atoms with E-state index in [4.69, 9.17) is 0 Å². The fraction of sp³-hybridized carbons (Fsp3) is 0.381. The second-order valence-electron chi connectivity index (χ2n) is 6.90. The number of nitrogens with zero attached hydrogens (tertiary/aromatic N) is 1. The van der Waals surface area contributed by atoms with Crippen molar-refractivity contribution in [3.8, 4) is 5.75 Å². The average molecular weight is 392 g/mol. The molecule has 0 radical (unpaired) electrons. The number of rotatable bonds is 5. The molecule has 150 valence electrons. The number of carbonyl (C=O) groups is 1. The van der Waals surface area contributed by atoms with E-state index in [1.165, 1.54) is 24.6 Å². The Morgan fingerprint density at radius 2 is 1.79 bits per heavy atom. The fourth-order valence-corrected chi connectivity index (χ4v) is 3.36. The first-order valence-corrected chi connectivity index (χ1v) is 9.34. The normalized spacial score (nSPS) is 15.8. The Morgan fingerprint density at radius 1 is 1.07 bits per heavy atom. The van der Waals surface area contributed by atoms with Gasteiger partial charge in [-0.15, -0.1) is 13.2 Å². The van der Waals surface area contributed by atoms with Crippen molar-refractivity contribution in [1.29, 1.82) is 0 Å². The Labute approximate surface area is 162 Å². The molecule has 0 saturated carbocycles. The van der Waals surface area contributed by atoms with Crippen molar-refractivity contribution in [2.45, 2.75) is 38.5 Å². The van der Waals surface area contributed by atoms with Crippen LogP contribution in [0.4, 0.5) is 24.5 Å². The predicted molar refractivity (Wildman–Crippen MR) is 103 cm³/mol. The first-order chi connectivity index (χ1) is 13.3. The van der Waals surface area contributed by atoms with Gasteiger partial charge >= 0.3 is 6.36 Å². The summed E-state index contributed by atoms with van der Waals surface area (Å²) in [6.45, 7) is 3.55. The summed E-state index contributed by atoms with van der Waals surface area (Å²) in [6.07, 6.45) is -1.33. The standard InChI is InChI=1S/C21H23F3N2O2/c1-15(16-8-7-9-17(14-16)28-21(22,23)24)20(27)25-18-10-3-4-11-19(18)26-12-5-2-6-13-26/h3-4,7-11,14-15H,2,5-6,12-13H2,1H3,(H,25,27)/t15-/m0/s1. The molecule has 0 spiro atoms. The minimum Gasteiger partial charge on any atom is -0.406 e. The predicted octanol–water partition coefficient (Wildman–Crippen LogP) is 5.32. The van der Waals surface area contributed by atoms with Gasteiger partial charge in [-0.2, -0.15) is 0 Å². The van der Waals surface area contributed by atoms with Gasteiger partial charge in [0.15, 0.2) is 0 Å². The van der Waals surface area contributed by atoms with Crippen molar-refractivity contribution in [2.24, 2.45) is 0 Å². The maximum atomic E-state index is 12.8. The zero-order valence-corrected chi connectivity index (χ0v) is 15.6. The number of ether oxygens (including phenoxy) is 1. The number of nitrogens with one attached hydrogen (secondary N) is 1. The molecule has 0 aromatic heterocycles. The molecule has 1 heterocycles. The number of halogens is 3. The lowest BCUT2D eigenvalue weighted by atomic mass is 10.00. The lowest BCUT2D eigenvalue weighted by molar-refractivity contribution is -0.274. The van der Waals surface area contributed by atoms with Crippen LogP contribution < -0.4 is 15.0 Å². The van der Waals surface area contributed by atoms with Crippen LogP contribution in [0.15, 0.2) is 48.5 Å². The minimum absolute atomic E-state index is 0.284. The van der Waals surface area contributed by atoms with Crippen molar-refractivity contribution < 1.29 is 22.7 Å². The van der Waals surface area contributed by atoms with Crippen LogP contribution in [0, 0.1) is 0 Å². The van der Waals surface area contributed by atoms with Crippen LogP contribution in [0.3, 0.4) is 0 Å². The zero-order valence-electron chi connectivity index (χ0n) is 15.6. The van der Waals surface area contributed by atoms with Gasteiger partial charge in [0.1, 0.15) is 5.75 Å². The number of benzene rings is 2. The highest BCUT2D eigenvalue weighted by Crippen LogP contribution is 2.30. The molecular weight excluding hydrogens is 369 g/mol. The highest BCUT2D eigenvalue weighted by atomic mass is 19.4. The van der Waals surface area contributed by atoms with Crippen LogP contribution in [0.1, 0.15) is 37.7 Å². The third kappa shape index (κ3) is 5.18. The SMILES string of the molecule is C[C@H](C(=O)Nc1ccccc1N1CCCCC1)c1cccc(OC(F)(F)F)c1. The molecule has 2 aromatic rings. The average Bonchev–Trinajstić information content (AvgIpc) is 2.67. The second kappa shape index (κ2) is 8.54. The number of amides is 1. The summed E-state index contributed by atoms with van der Waals surface area (Å²) in [6, 6.07) is 13.1. The van der Waals surface area contributed by atoms with Gasteiger partial charge in [0.2, 0.25) is 5.91 Å². The van der Waals surface area contributed by atoms with Crippen molar-refractivity contribution >= 4 is 17.3 Å². The molecule has 1 aliphatic heterocycles. The highest BCUT2D eigenvalue weighted by molar-refractivity contribution is 5.98. The van der Waals surface area contributed by atoms with Gasteiger partial charge in [-0.05, 0) is 56.0 Å². The summed E-state index contributed by atoms with van der Waals surface area (Å²) >= 11 is 0. The number of alkyl halides is 3. The summed E-state index contributed by atoms with van der Waals surface area (Å²) < 4.78 is 41.3. The van der Waals surface area contributed by atoms with Crippen molar-refractivity contribution in [2.75, 3.05) is 23.3 Å². The van der Waals surface area contributed by atoms with E-state index in [1.54, 1.807) is 13.0 Å². The molecule has 1 N–H and O–H groups in total.